The molecule has 0 aliphatic carbocycles. The Bertz CT molecular complexity index is 184. The predicted molar refractivity (Wildman–Crippen MR) is 50.3 cm³/mol. The molecule has 0 bridgehead atoms. The first-order chi connectivity index (χ1) is 5.75. The first-order valence-electron chi connectivity index (χ1n) is 3.98. The van der Waals surface area contributed by atoms with Gasteiger partial charge in [0, 0.05) is 6.54 Å². The van der Waals surface area contributed by atoms with Gasteiger partial charge in [0.1, 0.15) is 6.61 Å². The van der Waals surface area contributed by atoms with Crippen LogP contribution in [-0.2, 0) is 4.74 Å². The molecule has 1 aliphatic heterocycles. The minimum Gasteiger partial charge on any atom is -0.445 e. The van der Waals surface area contributed by atoms with E-state index < -0.39 is 0 Å². The zero-order valence-electron chi connectivity index (χ0n) is 6.90. The van der Waals surface area contributed by atoms with Crippen molar-refractivity contribution in [2.24, 2.45) is 0 Å². The van der Waals surface area contributed by atoms with Gasteiger partial charge in [-0.2, -0.15) is 12.6 Å². The molecule has 0 aromatic rings. The molecule has 3 nitrogen and oxygen atoms in total. The monoisotopic (exact) mass is 187 g/mol. The minimum atomic E-state index is -0.285. The van der Waals surface area contributed by atoms with Crippen LogP contribution in [0.1, 0.15) is 12.8 Å². The Morgan fingerprint density at radius 3 is 3.08 bits per heavy atom. The average Bonchev–Trinajstić information content (AvgIpc) is 2.47. The molecule has 1 heterocycles. The van der Waals surface area contributed by atoms with Crippen LogP contribution in [0.2, 0.25) is 0 Å². The van der Waals surface area contributed by atoms with Crippen molar-refractivity contribution in [3.63, 3.8) is 0 Å². The fourth-order valence-corrected chi connectivity index (χ4v) is 1.57. The summed E-state index contributed by atoms with van der Waals surface area (Å²) in [4.78, 5) is 12.9. The molecule has 1 atom stereocenters. The molecule has 1 unspecified atom stereocenters. The van der Waals surface area contributed by atoms with Crippen molar-refractivity contribution in [2.75, 3.05) is 13.2 Å². The quantitative estimate of drug-likeness (QED) is 0.526. The third-order valence-electron chi connectivity index (χ3n) is 1.78. The van der Waals surface area contributed by atoms with Gasteiger partial charge in [0.2, 0.25) is 0 Å². The predicted octanol–water partition coefficient (Wildman–Crippen LogP) is 1.66. The Morgan fingerprint density at radius 1 is 1.83 bits per heavy atom. The molecule has 4 heteroatoms. The topological polar surface area (TPSA) is 29.5 Å². The number of hydrogen-bond donors (Lipinski definition) is 1. The second kappa shape index (κ2) is 4.40. The molecule has 1 fully saturated rings. The lowest BCUT2D eigenvalue weighted by Gasteiger charge is -2.19. The molecule has 12 heavy (non-hydrogen) atoms. The van der Waals surface area contributed by atoms with E-state index in [1.165, 1.54) is 0 Å². The van der Waals surface area contributed by atoms with Gasteiger partial charge in [-0.05, 0) is 12.8 Å². The Balaban J connectivity index is 2.35. The van der Waals surface area contributed by atoms with Gasteiger partial charge in [0.05, 0.1) is 5.37 Å². The summed E-state index contributed by atoms with van der Waals surface area (Å²) in [5.41, 5.74) is 0. The van der Waals surface area contributed by atoms with Gasteiger partial charge in [-0.1, -0.05) is 12.7 Å². The highest BCUT2D eigenvalue weighted by atomic mass is 32.1. The van der Waals surface area contributed by atoms with E-state index >= 15 is 0 Å². The first-order valence-corrected chi connectivity index (χ1v) is 4.49. The van der Waals surface area contributed by atoms with Gasteiger partial charge in [-0.25, -0.2) is 4.79 Å². The van der Waals surface area contributed by atoms with Gasteiger partial charge < -0.3 is 4.74 Å². The molecule has 0 spiro atoms. The number of thiol groups is 1. The van der Waals surface area contributed by atoms with E-state index in [4.69, 9.17) is 4.74 Å². The lowest BCUT2D eigenvalue weighted by molar-refractivity contribution is 0.118. The molecule has 0 aromatic heterocycles. The fraction of sp³-hybridized carbons (Fsp3) is 0.625. The van der Waals surface area contributed by atoms with Crippen LogP contribution in [0.5, 0.6) is 0 Å². The zero-order valence-corrected chi connectivity index (χ0v) is 7.80. The van der Waals surface area contributed by atoms with Gasteiger partial charge in [0.15, 0.2) is 0 Å². The highest BCUT2D eigenvalue weighted by molar-refractivity contribution is 7.80. The Morgan fingerprint density at radius 2 is 2.58 bits per heavy atom. The summed E-state index contributed by atoms with van der Waals surface area (Å²) in [6.07, 6.45) is 3.23. The van der Waals surface area contributed by atoms with Crippen LogP contribution >= 0.6 is 12.6 Å². The molecule has 0 radical (unpaired) electrons. The Labute approximate surface area is 77.8 Å². The highest BCUT2D eigenvalue weighted by Crippen LogP contribution is 2.20. The maximum absolute atomic E-state index is 11.2. The van der Waals surface area contributed by atoms with Crippen molar-refractivity contribution in [2.45, 2.75) is 18.2 Å². The molecular formula is C8H13NO2S. The van der Waals surface area contributed by atoms with Crippen molar-refractivity contribution in [3.8, 4) is 0 Å². The molecular weight excluding hydrogens is 174 g/mol. The van der Waals surface area contributed by atoms with Gasteiger partial charge in [-0.3, -0.25) is 4.90 Å². The van der Waals surface area contributed by atoms with Crippen molar-refractivity contribution < 1.29 is 9.53 Å². The number of amides is 1. The summed E-state index contributed by atoms with van der Waals surface area (Å²) in [5, 5.41) is 0.0299. The smallest absolute Gasteiger partial charge is 0.410 e. The van der Waals surface area contributed by atoms with Crippen LogP contribution in [0.25, 0.3) is 0 Å². The van der Waals surface area contributed by atoms with E-state index in [2.05, 4.69) is 19.2 Å². The number of rotatable bonds is 2. The Hall–Kier alpha value is -0.640. The fourth-order valence-electron chi connectivity index (χ4n) is 1.18. The summed E-state index contributed by atoms with van der Waals surface area (Å²) >= 11 is 4.25. The van der Waals surface area contributed by atoms with E-state index in [1.54, 1.807) is 11.0 Å². The summed E-state index contributed by atoms with van der Waals surface area (Å²) < 4.78 is 4.87. The van der Waals surface area contributed by atoms with Crippen molar-refractivity contribution in [1.29, 1.82) is 0 Å². The van der Waals surface area contributed by atoms with Gasteiger partial charge >= 0.3 is 6.09 Å². The third kappa shape index (κ3) is 2.17. The highest BCUT2D eigenvalue weighted by Gasteiger charge is 2.26. The van der Waals surface area contributed by atoms with Crippen LogP contribution in [0.4, 0.5) is 4.79 Å². The van der Waals surface area contributed by atoms with Crippen molar-refractivity contribution in [3.05, 3.63) is 12.7 Å². The maximum Gasteiger partial charge on any atom is 0.410 e. The van der Waals surface area contributed by atoms with Crippen LogP contribution in [0, 0.1) is 0 Å². The molecule has 0 aromatic carbocycles. The number of ether oxygens (including phenoxy) is 1. The van der Waals surface area contributed by atoms with Crippen LogP contribution in [-0.4, -0.2) is 29.5 Å². The lowest BCUT2D eigenvalue weighted by atomic mass is 10.4. The number of carbonyl (C=O) groups excluding carboxylic acids is 1. The van der Waals surface area contributed by atoms with E-state index in [9.17, 15) is 4.79 Å². The molecule has 0 N–H and O–H groups in total. The maximum atomic E-state index is 11.2. The van der Waals surface area contributed by atoms with Gasteiger partial charge in [0.25, 0.3) is 0 Å². The summed E-state index contributed by atoms with van der Waals surface area (Å²) in [5.74, 6) is 0. The van der Waals surface area contributed by atoms with Crippen molar-refractivity contribution in [1.82, 2.24) is 4.90 Å². The minimum absolute atomic E-state index is 0.0299. The van der Waals surface area contributed by atoms with Crippen LogP contribution in [0.15, 0.2) is 12.7 Å². The second-order valence-corrected chi connectivity index (χ2v) is 3.28. The molecule has 68 valence electrons. The van der Waals surface area contributed by atoms with Gasteiger partial charge in [-0.15, -0.1) is 0 Å². The number of likely N-dealkylation sites (tertiary alicyclic amines) is 1. The van der Waals surface area contributed by atoms with Crippen LogP contribution < -0.4 is 0 Å². The second-order valence-electron chi connectivity index (χ2n) is 2.68. The molecule has 0 saturated carbocycles. The zero-order chi connectivity index (χ0) is 8.97. The van der Waals surface area contributed by atoms with Crippen LogP contribution in [0.3, 0.4) is 0 Å². The molecule has 1 aliphatic rings. The number of hydrogen-bond acceptors (Lipinski definition) is 3. The lowest BCUT2D eigenvalue weighted by Crippen LogP contribution is -2.32. The average molecular weight is 187 g/mol. The Kier molecular flexibility index (Phi) is 3.47. The first kappa shape index (κ1) is 9.45. The SMILES string of the molecule is C=CCOC(=O)N1CCCC1S. The molecule has 1 amide bonds. The molecule has 1 saturated heterocycles. The number of carbonyl (C=O) groups is 1. The summed E-state index contributed by atoms with van der Waals surface area (Å²) in [6.45, 7) is 4.49. The van der Waals surface area contributed by atoms with E-state index in [0.29, 0.717) is 0 Å². The normalized spacial score (nSPS) is 22.4. The van der Waals surface area contributed by atoms with Crippen molar-refractivity contribution >= 4 is 18.7 Å². The summed E-state index contributed by atoms with van der Waals surface area (Å²) in [7, 11) is 0. The third-order valence-corrected chi connectivity index (χ3v) is 2.32. The summed E-state index contributed by atoms with van der Waals surface area (Å²) in [6, 6.07) is 0. The molecule has 1 rings (SSSR count). The number of nitrogens with zero attached hydrogens (tertiary/aromatic N) is 1. The van der Waals surface area contributed by atoms with E-state index in [1.807, 2.05) is 0 Å². The van der Waals surface area contributed by atoms with E-state index in [-0.39, 0.29) is 18.1 Å². The largest absolute Gasteiger partial charge is 0.445 e. The standard InChI is InChI=1S/C8H13NO2S/c1-2-6-11-8(10)9-5-3-4-7(9)12/h2,7,12H,1,3-6H2. The van der Waals surface area contributed by atoms with E-state index in [0.717, 1.165) is 19.4 Å².